The van der Waals surface area contributed by atoms with E-state index >= 15 is 0 Å². The van der Waals surface area contributed by atoms with Gasteiger partial charge >= 0.3 is 6.18 Å². The Labute approximate surface area is 161 Å². The van der Waals surface area contributed by atoms with Crippen LogP contribution in [0.5, 0.6) is 11.5 Å². The zero-order chi connectivity index (χ0) is 21.3. The van der Waals surface area contributed by atoms with E-state index in [2.05, 4.69) is 0 Å². The van der Waals surface area contributed by atoms with Crippen LogP contribution < -0.4 is 9.46 Å². The Morgan fingerprint density at radius 1 is 1.21 bits per heavy atom. The molecule has 0 spiro atoms. The van der Waals surface area contributed by atoms with Crippen molar-refractivity contribution in [2.75, 3.05) is 0 Å². The second kappa shape index (κ2) is 7.64. The number of benzene rings is 2. The fraction of sp³-hybridized carbons (Fsp3) is 0.133. The molecule has 2 aromatic carbocycles. The van der Waals surface area contributed by atoms with Gasteiger partial charge in [0.25, 0.3) is 15.7 Å². The van der Waals surface area contributed by atoms with Crippen LogP contribution in [0.2, 0.25) is 5.02 Å². The molecule has 0 unspecified atom stereocenters. The van der Waals surface area contributed by atoms with Crippen molar-refractivity contribution in [3.63, 3.8) is 0 Å². The number of nitrogens with one attached hydrogen (secondary N) is 1. The van der Waals surface area contributed by atoms with Crippen molar-refractivity contribution in [2.45, 2.75) is 18.0 Å². The van der Waals surface area contributed by atoms with Gasteiger partial charge in [0.15, 0.2) is 4.90 Å². The molecule has 0 bridgehead atoms. The molecule has 0 aliphatic rings. The Balaban J connectivity index is 2.47. The van der Waals surface area contributed by atoms with Crippen LogP contribution >= 0.6 is 11.6 Å². The van der Waals surface area contributed by atoms with E-state index in [4.69, 9.17) is 16.3 Å². The van der Waals surface area contributed by atoms with E-state index < -0.39 is 48.2 Å². The largest absolute Gasteiger partial charge is 0.456 e. The molecule has 2 aromatic rings. The lowest BCUT2D eigenvalue weighted by molar-refractivity contribution is -0.387. The molecule has 0 radical (unpaired) electrons. The summed E-state index contributed by atoms with van der Waals surface area (Å²) in [6, 6.07) is 4.80. The number of hydrogen-bond donors (Lipinski definition) is 1. The summed E-state index contributed by atoms with van der Waals surface area (Å²) in [6.45, 7) is 0.895. The minimum absolute atomic E-state index is 0.244. The first-order valence-electron chi connectivity index (χ1n) is 7.17. The van der Waals surface area contributed by atoms with Gasteiger partial charge in [-0.3, -0.25) is 14.9 Å². The molecular weight excluding hydrogens is 429 g/mol. The van der Waals surface area contributed by atoms with Crippen molar-refractivity contribution in [1.82, 2.24) is 4.72 Å². The van der Waals surface area contributed by atoms with E-state index in [9.17, 15) is 36.5 Å². The minimum Gasteiger partial charge on any atom is -0.456 e. The molecule has 8 nitrogen and oxygen atoms in total. The molecule has 28 heavy (non-hydrogen) atoms. The second-order valence-corrected chi connectivity index (χ2v) is 7.35. The van der Waals surface area contributed by atoms with Crippen LogP contribution in [0, 0.1) is 10.1 Å². The Morgan fingerprint density at radius 3 is 2.36 bits per heavy atom. The highest BCUT2D eigenvalue weighted by Gasteiger charge is 2.31. The summed E-state index contributed by atoms with van der Waals surface area (Å²) in [5.41, 5.74) is -1.86. The highest BCUT2D eigenvalue weighted by molar-refractivity contribution is 7.90. The summed E-state index contributed by atoms with van der Waals surface area (Å²) in [6.07, 6.45) is -4.63. The van der Waals surface area contributed by atoms with E-state index in [1.54, 1.807) is 4.72 Å². The van der Waals surface area contributed by atoms with E-state index in [0.717, 1.165) is 31.2 Å². The van der Waals surface area contributed by atoms with Crippen molar-refractivity contribution in [2.24, 2.45) is 0 Å². The van der Waals surface area contributed by atoms with Crippen molar-refractivity contribution in [3.05, 3.63) is 57.1 Å². The van der Waals surface area contributed by atoms with Crippen molar-refractivity contribution in [1.29, 1.82) is 0 Å². The number of nitro benzene ring substituents is 1. The fourth-order valence-corrected chi connectivity index (χ4v) is 3.45. The monoisotopic (exact) mass is 438 g/mol. The lowest BCUT2D eigenvalue weighted by Gasteiger charge is -2.12. The fourth-order valence-electron chi connectivity index (χ4n) is 2.06. The van der Waals surface area contributed by atoms with Gasteiger partial charge in [0, 0.05) is 19.1 Å². The van der Waals surface area contributed by atoms with Crippen molar-refractivity contribution in [3.8, 4) is 11.5 Å². The molecule has 0 atom stereocenters. The molecule has 0 saturated heterocycles. The summed E-state index contributed by atoms with van der Waals surface area (Å²) in [7, 11) is -4.59. The average Bonchev–Trinajstić information content (AvgIpc) is 2.54. The average molecular weight is 439 g/mol. The Hall–Kier alpha value is -2.86. The van der Waals surface area contributed by atoms with Crippen molar-refractivity contribution >= 4 is 33.2 Å². The number of carbonyl (C=O) groups excluding carboxylic acids is 1. The number of nitro groups is 1. The Morgan fingerprint density at radius 2 is 1.86 bits per heavy atom. The third kappa shape index (κ3) is 4.89. The van der Waals surface area contributed by atoms with Gasteiger partial charge in [0.05, 0.1) is 15.5 Å². The van der Waals surface area contributed by atoms with Gasteiger partial charge in [-0.25, -0.2) is 13.1 Å². The van der Waals surface area contributed by atoms with Gasteiger partial charge in [-0.15, -0.1) is 0 Å². The predicted molar refractivity (Wildman–Crippen MR) is 90.6 cm³/mol. The van der Waals surface area contributed by atoms with Crippen LogP contribution in [0.15, 0.2) is 41.3 Å². The molecule has 0 aliphatic carbocycles. The third-order valence-corrected chi connectivity index (χ3v) is 4.94. The maximum atomic E-state index is 12.7. The molecule has 150 valence electrons. The number of ether oxygens (including phenoxy) is 1. The normalized spacial score (nSPS) is 11.8. The van der Waals surface area contributed by atoms with Crippen LogP contribution in [0.3, 0.4) is 0 Å². The minimum atomic E-state index is -4.63. The number of nitrogens with zero attached hydrogens (tertiary/aromatic N) is 1. The maximum absolute atomic E-state index is 12.7. The van der Waals surface area contributed by atoms with Crippen LogP contribution in [-0.2, 0) is 21.0 Å². The van der Waals surface area contributed by atoms with E-state index in [-0.39, 0.29) is 11.5 Å². The van der Waals surface area contributed by atoms with Gasteiger partial charge < -0.3 is 4.74 Å². The summed E-state index contributed by atoms with van der Waals surface area (Å²) in [5.74, 6) is -1.49. The topological polar surface area (TPSA) is 116 Å². The number of rotatable bonds is 5. The molecule has 0 heterocycles. The summed E-state index contributed by atoms with van der Waals surface area (Å²) < 4.78 is 69.1. The number of carbonyl (C=O) groups is 1. The summed E-state index contributed by atoms with van der Waals surface area (Å²) in [4.78, 5) is 20.3. The summed E-state index contributed by atoms with van der Waals surface area (Å²) >= 11 is 5.76. The number of halogens is 4. The zero-order valence-electron chi connectivity index (χ0n) is 13.8. The van der Waals surface area contributed by atoms with E-state index in [1.807, 2.05) is 0 Å². The quantitative estimate of drug-likeness (QED) is 0.559. The number of amides is 1. The van der Waals surface area contributed by atoms with Crippen LogP contribution in [0.25, 0.3) is 0 Å². The summed E-state index contributed by atoms with van der Waals surface area (Å²) in [5, 5.41) is 10.7. The van der Waals surface area contributed by atoms with Gasteiger partial charge in [0.2, 0.25) is 5.91 Å². The highest BCUT2D eigenvalue weighted by atomic mass is 35.5. The lowest BCUT2D eigenvalue weighted by Crippen LogP contribution is -2.28. The standard InChI is InChI=1S/C15H10ClF3N2O6S/c1-8(22)20-28(25,26)14-7-10(3-4-12(14)21(23)24)27-13-5-2-9(6-11(13)16)15(17,18)19/h2-7H,1H3,(H,20,22). The first-order chi connectivity index (χ1) is 12.8. The molecule has 1 N–H and O–H groups in total. The number of sulfonamides is 1. The number of alkyl halides is 3. The molecule has 0 aromatic heterocycles. The predicted octanol–water partition coefficient (Wildman–Crippen LogP) is 3.88. The first kappa shape index (κ1) is 21.4. The van der Waals surface area contributed by atoms with Crippen LogP contribution in [0.1, 0.15) is 12.5 Å². The molecular formula is C15H10ClF3N2O6S. The van der Waals surface area contributed by atoms with Crippen LogP contribution in [0.4, 0.5) is 18.9 Å². The number of hydrogen-bond acceptors (Lipinski definition) is 6. The maximum Gasteiger partial charge on any atom is 0.416 e. The molecule has 0 saturated carbocycles. The highest BCUT2D eigenvalue weighted by Crippen LogP contribution is 2.37. The first-order valence-corrected chi connectivity index (χ1v) is 9.04. The molecule has 2 rings (SSSR count). The molecule has 0 fully saturated rings. The smallest absolute Gasteiger partial charge is 0.416 e. The SMILES string of the molecule is CC(=O)NS(=O)(=O)c1cc(Oc2ccc(C(F)(F)F)cc2Cl)ccc1[N+](=O)[O-]. The molecule has 0 aliphatic heterocycles. The van der Waals surface area contributed by atoms with Crippen LogP contribution in [-0.4, -0.2) is 19.2 Å². The molecule has 13 heteroatoms. The third-order valence-electron chi connectivity index (χ3n) is 3.18. The van der Waals surface area contributed by atoms with Gasteiger partial charge in [0.1, 0.15) is 11.5 Å². The van der Waals surface area contributed by atoms with E-state index in [1.165, 1.54) is 0 Å². The molecule has 1 amide bonds. The van der Waals surface area contributed by atoms with Gasteiger partial charge in [-0.1, -0.05) is 11.6 Å². The van der Waals surface area contributed by atoms with Gasteiger partial charge in [-0.05, 0) is 24.3 Å². The van der Waals surface area contributed by atoms with Gasteiger partial charge in [-0.2, -0.15) is 13.2 Å². The zero-order valence-corrected chi connectivity index (χ0v) is 15.4. The Kier molecular flexibility index (Phi) is 5.85. The lowest BCUT2D eigenvalue weighted by atomic mass is 10.2. The van der Waals surface area contributed by atoms with E-state index in [0.29, 0.717) is 12.1 Å². The van der Waals surface area contributed by atoms with Crippen molar-refractivity contribution < 1.29 is 36.0 Å². The Bertz CT molecular complexity index is 1060. The second-order valence-electron chi connectivity index (χ2n) is 5.29.